The van der Waals surface area contributed by atoms with Gasteiger partial charge in [0.05, 0.1) is 11.3 Å². The average Bonchev–Trinajstić information content (AvgIpc) is 2.84. The number of amides is 1. The minimum absolute atomic E-state index is 0.0326. The number of ether oxygens (including phenoxy) is 1. The predicted molar refractivity (Wildman–Crippen MR) is 128 cm³/mol. The number of aromatic nitrogens is 2. The molecule has 0 saturated carbocycles. The Morgan fingerprint density at radius 1 is 1.06 bits per heavy atom. The van der Waals surface area contributed by atoms with Gasteiger partial charge in [-0.1, -0.05) is 25.1 Å². The second kappa shape index (κ2) is 10.3. The van der Waals surface area contributed by atoms with E-state index in [1.165, 1.54) is 19.1 Å². The zero-order chi connectivity index (χ0) is 25.0. The van der Waals surface area contributed by atoms with E-state index >= 15 is 0 Å². The summed E-state index contributed by atoms with van der Waals surface area (Å²) in [5.41, 5.74) is 1.13. The molecule has 1 saturated heterocycles. The molecule has 6 nitrogen and oxygen atoms in total. The van der Waals surface area contributed by atoms with Gasteiger partial charge < -0.3 is 15.0 Å². The van der Waals surface area contributed by atoms with Gasteiger partial charge in [0, 0.05) is 24.3 Å². The van der Waals surface area contributed by atoms with Gasteiger partial charge in [-0.25, -0.2) is 0 Å². The molecule has 1 unspecified atom stereocenters. The smallest absolute Gasteiger partial charge is 0.416 e. The summed E-state index contributed by atoms with van der Waals surface area (Å²) in [5, 5.41) is 11.5. The SMILES string of the molecule is CC1CCN(c2ccc(-c3cccc(NC(=O)C(C)Oc4cccc(C(F)(F)F)c4)c3)nn2)CC1. The molecule has 1 atom stereocenters. The van der Waals surface area contributed by atoms with E-state index in [0.717, 1.165) is 55.4 Å². The first-order valence-corrected chi connectivity index (χ1v) is 11.5. The second-order valence-electron chi connectivity index (χ2n) is 8.80. The molecule has 1 N–H and O–H groups in total. The molecule has 1 amide bonds. The predicted octanol–water partition coefficient (Wildman–Crippen LogP) is 5.80. The van der Waals surface area contributed by atoms with Gasteiger partial charge in [0.1, 0.15) is 5.75 Å². The molecule has 0 radical (unpaired) electrons. The lowest BCUT2D eigenvalue weighted by Gasteiger charge is -2.30. The van der Waals surface area contributed by atoms with Gasteiger partial charge in [-0.15, -0.1) is 10.2 Å². The van der Waals surface area contributed by atoms with Crippen LogP contribution in [0.15, 0.2) is 60.7 Å². The lowest BCUT2D eigenvalue weighted by Crippen LogP contribution is -2.33. The van der Waals surface area contributed by atoms with E-state index in [-0.39, 0.29) is 5.75 Å². The first-order valence-electron chi connectivity index (χ1n) is 11.5. The van der Waals surface area contributed by atoms with Crippen molar-refractivity contribution in [3.05, 3.63) is 66.2 Å². The van der Waals surface area contributed by atoms with Crippen LogP contribution in [-0.2, 0) is 11.0 Å². The monoisotopic (exact) mass is 484 g/mol. The fourth-order valence-corrected chi connectivity index (χ4v) is 3.89. The number of nitrogens with zero attached hydrogens (tertiary/aromatic N) is 3. The second-order valence-corrected chi connectivity index (χ2v) is 8.80. The van der Waals surface area contributed by atoms with Crippen molar-refractivity contribution in [3.8, 4) is 17.0 Å². The number of hydrogen-bond donors (Lipinski definition) is 1. The van der Waals surface area contributed by atoms with Gasteiger partial charge in [0.15, 0.2) is 11.9 Å². The number of piperidine rings is 1. The molecule has 3 aromatic rings. The van der Waals surface area contributed by atoms with E-state index in [4.69, 9.17) is 4.74 Å². The number of carbonyl (C=O) groups excluding carboxylic acids is 1. The van der Waals surface area contributed by atoms with Crippen LogP contribution >= 0.6 is 0 Å². The van der Waals surface area contributed by atoms with Crippen LogP contribution < -0.4 is 15.0 Å². The fourth-order valence-electron chi connectivity index (χ4n) is 3.89. The number of rotatable bonds is 6. The third-order valence-corrected chi connectivity index (χ3v) is 6.03. The highest BCUT2D eigenvalue weighted by atomic mass is 19.4. The van der Waals surface area contributed by atoms with Crippen LogP contribution in [0.5, 0.6) is 5.75 Å². The van der Waals surface area contributed by atoms with Crippen LogP contribution in [0.1, 0.15) is 32.3 Å². The maximum Gasteiger partial charge on any atom is 0.416 e. The summed E-state index contributed by atoms with van der Waals surface area (Å²) in [6, 6.07) is 15.4. The number of alkyl halides is 3. The Hall–Kier alpha value is -3.62. The summed E-state index contributed by atoms with van der Waals surface area (Å²) >= 11 is 0. The molecule has 2 aromatic carbocycles. The summed E-state index contributed by atoms with van der Waals surface area (Å²) in [7, 11) is 0. The van der Waals surface area contributed by atoms with Crippen molar-refractivity contribution in [3.63, 3.8) is 0 Å². The lowest BCUT2D eigenvalue weighted by molar-refractivity contribution is -0.137. The molecule has 2 heterocycles. The highest BCUT2D eigenvalue weighted by Gasteiger charge is 2.31. The molecule has 1 aliphatic rings. The Kier molecular flexibility index (Phi) is 7.23. The molecule has 1 aliphatic heterocycles. The van der Waals surface area contributed by atoms with Crippen molar-refractivity contribution in [2.24, 2.45) is 5.92 Å². The Labute approximate surface area is 202 Å². The first-order chi connectivity index (χ1) is 16.7. The van der Waals surface area contributed by atoms with E-state index in [1.54, 1.807) is 18.2 Å². The van der Waals surface area contributed by atoms with Gasteiger partial charge >= 0.3 is 6.18 Å². The zero-order valence-corrected chi connectivity index (χ0v) is 19.5. The number of nitrogens with one attached hydrogen (secondary N) is 1. The highest BCUT2D eigenvalue weighted by molar-refractivity contribution is 5.94. The van der Waals surface area contributed by atoms with Crippen LogP contribution in [0.3, 0.4) is 0 Å². The Morgan fingerprint density at radius 3 is 2.49 bits per heavy atom. The maximum absolute atomic E-state index is 12.9. The van der Waals surface area contributed by atoms with Crippen LogP contribution in [0.2, 0.25) is 0 Å². The van der Waals surface area contributed by atoms with Gasteiger partial charge in [-0.05, 0) is 68.1 Å². The summed E-state index contributed by atoms with van der Waals surface area (Å²) < 4.78 is 44.2. The lowest BCUT2D eigenvalue weighted by atomic mass is 9.99. The number of carbonyl (C=O) groups is 1. The number of benzene rings is 2. The molecule has 0 spiro atoms. The maximum atomic E-state index is 12.9. The van der Waals surface area contributed by atoms with Crippen molar-refractivity contribution >= 4 is 17.4 Å². The molecule has 35 heavy (non-hydrogen) atoms. The van der Waals surface area contributed by atoms with Gasteiger partial charge in [-0.3, -0.25) is 4.79 Å². The molecule has 1 aromatic heterocycles. The van der Waals surface area contributed by atoms with E-state index in [1.807, 2.05) is 18.2 Å². The average molecular weight is 485 g/mol. The van der Waals surface area contributed by atoms with E-state index in [2.05, 4.69) is 27.3 Å². The van der Waals surface area contributed by atoms with Crippen molar-refractivity contribution in [2.75, 3.05) is 23.3 Å². The van der Waals surface area contributed by atoms with E-state index in [0.29, 0.717) is 11.4 Å². The highest BCUT2D eigenvalue weighted by Crippen LogP contribution is 2.31. The van der Waals surface area contributed by atoms with Crippen LogP contribution in [0.4, 0.5) is 24.7 Å². The Morgan fingerprint density at radius 2 is 1.80 bits per heavy atom. The normalized spacial score (nSPS) is 15.5. The zero-order valence-electron chi connectivity index (χ0n) is 19.5. The Bertz CT molecular complexity index is 1160. The standard InChI is InChI=1S/C26H27F3N4O2/c1-17-11-13-33(14-12-17)24-10-9-23(31-32-24)19-5-3-7-21(15-19)30-25(34)18(2)35-22-8-4-6-20(16-22)26(27,28)29/h3-10,15-18H,11-14H2,1-2H3,(H,30,34). The number of anilines is 2. The number of halogens is 3. The van der Waals surface area contributed by atoms with Gasteiger partial charge in [-0.2, -0.15) is 13.2 Å². The third-order valence-electron chi connectivity index (χ3n) is 6.03. The molecule has 4 rings (SSSR count). The van der Waals surface area contributed by atoms with Crippen molar-refractivity contribution in [1.29, 1.82) is 0 Å². The summed E-state index contributed by atoms with van der Waals surface area (Å²) in [6.07, 6.45) is -3.21. The summed E-state index contributed by atoms with van der Waals surface area (Å²) in [6.45, 7) is 5.68. The molecule has 184 valence electrons. The topological polar surface area (TPSA) is 67.4 Å². The summed E-state index contributed by atoms with van der Waals surface area (Å²) in [4.78, 5) is 14.8. The molecule has 0 bridgehead atoms. The molecule has 0 aliphatic carbocycles. The first kappa shape index (κ1) is 24.5. The molecule has 9 heteroatoms. The van der Waals surface area contributed by atoms with Crippen LogP contribution in [0, 0.1) is 5.92 Å². The quantitative estimate of drug-likeness (QED) is 0.479. The minimum Gasteiger partial charge on any atom is -0.481 e. The Balaban J connectivity index is 1.39. The molecular weight excluding hydrogens is 457 g/mol. The largest absolute Gasteiger partial charge is 0.481 e. The fraction of sp³-hybridized carbons (Fsp3) is 0.346. The summed E-state index contributed by atoms with van der Waals surface area (Å²) in [5.74, 6) is 1.07. The van der Waals surface area contributed by atoms with E-state index < -0.39 is 23.8 Å². The van der Waals surface area contributed by atoms with Crippen molar-refractivity contribution in [2.45, 2.75) is 39.0 Å². The number of hydrogen-bond acceptors (Lipinski definition) is 5. The van der Waals surface area contributed by atoms with Gasteiger partial charge in [0.25, 0.3) is 5.91 Å². The van der Waals surface area contributed by atoms with Gasteiger partial charge in [0.2, 0.25) is 0 Å². The molecule has 1 fully saturated rings. The minimum atomic E-state index is -4.49. The van der Waals surface area contributed by atoms with E-state index in [9.17, 15) is 18.0 Å². The van der Waals surface area contributed by atoms with Crippen molar-refractivity contribution in [1.82, 2.24) is 10.2 Å². The third kappa shape index (κ3) is 6.29. The van der Waals surface area contributed by atoms with Crippen LogP contribution in [0.25, 0.3) is 11.3 Å². The molecular formula is C26H27F3N4O2. The van der Waals surface area contributed by atoms with Crippen molar-refractivity contribution < 1.29 is 22.7 Å². The van der Waals surface area contributed by atoms with Crippen LogP contribution in [-0.4, -0.2) is 35.3 Å².